The van der Waals surface area contributed by atoms with Gasteiger partial charge in [-0.2, -0.15) is 0 Å². The standard InChI is InChI=1S/C38H46N4O2S/c1-22-13-23(2)15-26(14-22)34-33(24(3)18-39-35(43)27-20-42(21-27)19-25-9-7-6-8-10-25)29-16-32(45-37(29)41-34)38(4,5)17-30-28-11-12-31(30)40-36(28)44/h6-10,13-16,24,27-28,30-31,41H,11-12,17-21H2,1-5H3,(H,39,43)(H,40,44)/t24-,28?,30?,31?/m1/s1. The molecule has 0 radical (unpaired) electrons. The fraction of sp³-hybridized carbons (Fsp3) is 0.474. The smallest absolute Gasteiger partial charge is 0.225 e. The largest absolute Gasteiger partial charge is 0.355 e. The van der Waals surface area contributed by atoms with E-state index in [0.717, 1.165) is 44.6 Å². The van der Waals surface area contributed by atoms with Crippen LogP contribution in [0.2, 0.25) is 0 Å². The van der Waals surface area contributed by atoms with Gasteiger partial charge in [0, 0.05) is 54.3 Å². The van der Waals surface area contributed by atoms with Crippen LogP contribution in [0.15, 0.2) is 54.6 Å². The van der Waals surface area contributed by atoms with Crippen molar-refractivity contribution in [2.75, 3.05) is 19.6 Å². The van der Waals surface area contributed by atoms with E-state index in [2.05, 4.69) is 104 Å². The predicted octanol–water partition coefficient (Wildman–Crippen LogP) is 7.06. The first-order chi connectivity index (χ1) is 21.6. The Kier molecular flexibility index (Phi) is 7.89. The Morgan fingerprint density at radius 3 is 2.47 bits per heavy atom. The normalized spacial score (nSPS) is 22.5. The molecule has 2 amide bonds. The summed E-state index contributed by atoms with van der Waals surface area (Å²) in [5, 5.41) is 7.81. The molecule has 1 aliphatic carbocycles. The summed E-state index contributed by atoms with van der Waals surface area (Å²) in [7, 11) is 0. The molecule has 236 valence electrons. The van der Waals surface area contributed by atoms with Crippen molar-refractivity contribution in [2.45, 2.75) is 77.8 Å². The summed E-state index contributed by atoms with van der Waals surface area (Å²) >= 11 is 1.86. The molecule has 7 heteroatoms. The number of benzene rings is 2. The first kappa shape index (κ1) is 30.2. The Hall–Kier alpha value is -3.42. The number of aryl methyl sites for hydroxylation is 2. The van der Waals surface area contributed by atoms with Gasteiger partial charge >= 0.3 is 0 Å². The third-order valence-electron chi connectivity index (χ3n) is 10.6. The molecule has 3 aliphatic rings. The molecule has 7 rings (SSSR count). The molecule has 2 aromatic heterocycles. The highest BCUT2D eigenvalue weighted by Gasteiger charge is 2.49. The van der Waals surface area contributed by atoms with E-state index < -0.39 is 0 Å². The summed E-state index contributed by atoms with van der Waals surface area (Å²) in [6, 6.07) is 19.9. The fourth-order valence-electron chi connectivity index (χ4n) is 8.23. The molecule has 4 aromatic rings. The number of carbonyl (C=O) groups excluding carboxylic acids is 2. The SMILES string of the molecule is Cc1cc(C)cc(-c2[nH]c3sc(C(C)(C)CC4C5CCC4C(=O)N5)cc3c2[C@H](C)CNC(=O)C2CN(Cc3ccccc3)C2)c1. The van der Waals surface area contributed by atoms with E-state index in [-0.39, 0.29) is 35.0 Å². The second-order valence-electron chi connectivity index (χ2n) is 14.7. The van der Waals surface area contributed by atoms with E-state index in [1.807, 2.05) is 17.4 Å². The van der Waals surface area contributed by atoms with E-state index in [1.54, 1.807) is 0 Å². The minimum Gasteiger partial charge on any atom is -0.355 e. The number of aromatic amines is 1. The van der Waals surface area contributed by atoms with Gasteiger partial charge in [-0.15, -0.1) is 11.3 Å². The molecule has 2 saturated heterocycles. The van der Waals surface area contributed by atoms with Crippen molar-refractivity contribution in [1.29, 1.82) is 0 Å². The van der Waals surface area contributed by atoms with Crippen molar-refractivity contribution >= 4 is 33.4 Å². The maximum absolute atomic E-state index is 13.2. The van der Waals surface area contributed by atoms with Crippen LogP contribution in [-0.2, 0) is 21.5 Å². The topological polar surface area (TPSA) is 77.2 Å². The molecule has 2 bridgehead atoms. The number of rotatable bonds is 10. The zero-order chi connectivity index (χ0) is 31.5. The Labute approximate surface area is 271 Å². The van der Waals surface area contributed by atoms with Crippen LogP contribution in [0, 0.1) is 31.6 Å². The molecule has 1 saturated carbocycles. The summed E-state index contributed by atoms with van der Waals surface area (Å²) in [5.74, 6) is 1.20. The number of amides is 2. The number of carbonyl (C=O) groups is 2. The highest BCUT2D eigenvalue weighted by molar-refractivity contribution is 7.18. The second kappa shape index (κ2) is 11.7. The summed E-state index contributed by atoms with van der Waals surface area (Å²) in [6.45, 7) is 14.4. The quantitative estimate of drug-likeness (QED) is 0.177. The summed E-state index contributed by atoms with van der Waals surface area (Å²) in [6.07, 6.45) is 3.15. The number of nitrogens with zero attached hydrogens (tertiary/aromatic N) is 1. The van der Waals surface area contributed by atoms with Gasteiger partial charge < -0.3 is 15.6 Å². The van der Waals surface area contributed by atoms with Crippen LogP contribution in [0.3, 0.4) is 0 Å². The third kappa shape index (κ3) is 5.85. The van der Waals surface area contributed by atoms with E-state index in [9.17, 15) is 9.59 Å². The number of hydrogen-bond donors (Lipinski definition) is 3. The molecule has 2 aliphatic heterocycles. The molecular formula is C38H46N4O2S. The van der Waals surface area contributed by atoms with Crippen LogP contribution >= 0.6 is 11.3 Å². The number of piperidine rings is 1. The van der Waals surface area contributed by atoms with Gasteiger partial charge in [0.15, 0.2) is 0 Å². The molecule has 3 fully saturated rings. The molecule has 2 aromatic carbocycles. The lowest BCUT2D eigenvalue weighted by Gasteiger charge is -2.38. The van der Waals surface area contributed by atoms with Crippen molar-refractivity contribution in [1.82, 2.24) is 20.5 Å². The Morgan fingerprint density at radius 2 is 1.80 bits per heavy atom. The lowest BCUT2D eigenvalue weighted by Crippen LogP contribution is -2.53. The van der Waals surface area contributed by atoms with Crippen LogP contribution in [0.1, 0.15) is 73.1 Å². The van der Waals surface area contributed by atoms with Crippen LogP contribution in [0.25, 0.3) is 21.5 Å². The number of hydrogen-bond acceptors (Lipinski definition) is 4. The van der Waals surface area contributed by atoms with Crippen LogP contribution < -0.4 is 10.6 Å². The molecule has 45 heavy (non-hydrogen) atoms. The summed E-state index contributed by atoms with van der Waals surface area (Å²) < 4.78 is 0. The number of aromatic nitrogens is 1. The van der Waals surface area contributed by atoms with Gasteiger partial charge in [0.2, 0.25) is 11.8 Å². The van der Waals surface area contributed by atoms with Crippen molar-refractivity contribution in [3.05, 3.63) is 81.7 Å². The summed E-state index contributed by atoms with van der Waals surface area (Å²) in [5.41, 5.74) is 7.40. The lowest BCUT2D eigenvalue weighted by atomic mass is 9.77. The van der Waals surface area contributed by atoms with Crippen molar-refractivity contribution in [3.63, 3.8) is 0 Å². The maximum Gasteiger partial charge on any atom is 0.225 e. The van der Waals surface area contributed by atoms with Crippen molar-refractivity contribution < 1.29 is 9.59 Å². The Balaban J connectivity index is 1.10. The van der Waals surface area contributed by atoms with Gasteiger partial charge in [-0.3, -0.25) is 14.5 Å². The molecule has 3 unspecified atom stereocenters. The van der Waals surface area contributed by atoms with E-state index in [4.69, 9.17) is 0 Å². The predicted molar refractivity (Wildman–Crippen MR) is 184 cm³/mol. The maximum atomic E-state index is 13.2. The lowest BCUT2D eigenvalue weighted by molar-refractivity contribution is -0.130. The van der Waals surface area contributed by atoms with Crippen molar-refractivity contribution in [3.8, 4) is 11.3 Å². The van der Waals surface area contributed by atoms with Crippen LogP contribution in [0.5, 0.6) is 0 Å². The molecule has 4 atom stereocenters. The highest BCUT2D eigenvalue weighted by Crippen LogP contribution is 2.48. The first-order valence-corrected chi connectivity index (χ1v) is 17.5. The minimum absolute atomic E-state index is 0.0347. The Bertz CT molecular complexity index is 1710. The van der Waals surface area contributed by atoms with Crippen LogP contribution in [0.4, 0.5) is 0 Å². The third-order valence-corrected chi connectivity index (χ3v) is 12.0. The molecule has 0 spiro atoms. The molecule has 3 N–H and O–H groups in total. The Morgan fingerprint density at radius 1 is 1.07 bits per heavy atom. The van der Waals surface area contributed by atoms with E-state index in [0.29, 0.717) is 18.5 Å². The zero-order valence-corrected chi connectivity index (χ0v) is 28.0. The van der Waals surface area contributed by atoms with Gasteiger partial charge in [-0.05, 0) is 79.3 Å². The second-order valence-corrected chi connectivity index (χ2v) is 15.8. The minimum atomic E-state index is -0.0347. The highest BCUT2D eigenvalue weighted by atomic mass is 32.1. The van der Waals surface area contributed by atoms with Gasteiger partial charge in [0.05, 0.1) is 11.6 Å². The van der Waals surface area contributed by atoms with Gasteiger partial charge in [0.1, 0.15) is 4.83 Å². The average Bonchev–Trinajstić information content (AvgIpc) is 3.72. The van der Waals surface area contributed by atoms with E-state index >= 15 is 0 Å². The fourth-order valence-corrected chi connectivity index (χ4v) is 9.42. The van der Waals surface area contributed by atoms with Crippen LogP contribution in [-0.4, -0.2) is 47.4 Å². The van der Waals surface area contributed by atoms with Gasteiger partial charge in [-0.25, -0.2) is 0 Å². The number of nitrogens with one attached hydrogen (secondary N) is 3. The molecular weight excluding hydrogens is 577 g/mol. The van der Waals surface area contributed by atoms with E-state index in [1.165, 1.54) is 42.9 Å². The van der Waals surface area contributed by atoms with Gasteiger partial charge in [0.25, 0.3) is 0 Å². The number of H-pyrrole nitrogens is 1. The number of thiophene rings is 1. The average molecular weight is 623 g/mol. The van der Waals surface area contributed by atoms with Crippen molar-refractivity contribution in [2.24, 2.45) is 17.8 Å². The molecule has 6 nitrogen and oxygen atoms in total. The monoisotopic (exact) mass is 622 g/mol. The number of likely N-dealkylation sites (tertiary alicyclic amines) is 1. The molecule has 4 heterocycles. The number of fused-ring (bicyclic) bond motifs is 3. The zero-order valence-electron chi connectivity index (χ0n) is 27.2. The summed E-state index contributed by atoms with van der Waals surface area (Å²) in [4.78, 5) is 34.4. The van der Waals surface area contributed by atoms with Gasteiger partial charge in [-0.1, -0.05) is 68.3 Å². The first-order valence-electron chi connectivity index (χ1n) is 16.6.